The number of aromatic nitrogens is 2. The number of carbonyl (C=O) groups excluding carboxylic acids is 2. The molecule has 4 aliphatic rings. The molecule has 0 atom stereocenters. The van der Waals surface area contributed by atoms with Gasteiger partial charge in [-0.15, -0.1) is 0 Å². The second kappa shape index (κ2) is 6.60. The van der Waals surface area contributed by atoms with Crippen LogP contribution in [0.15, 0.2) is 0 Å². The predicted molar refractivity (Wildman–Crippen MR) is 95.4 cm³/mol. The van der Waals surface area contributed by atoms with Crippen LogP contribution in [-0.4, -0.2) is 64.4 Å². The number of imidazole rings is 1. The molecule has 1 N–H and O–H groups in total. The molecule has 1 saturated carbocycles. The summed E-state index contributed by atoms with van der Waals surface area (Å²) in [6, 6.07) is 0.276. The summed E-state index contributed by atoms with van der Waals surface area (Å²) in [5, 5.41) is 3.00. The number of amides is 2. The summed E-state index contributed by atoms with van der Waals surface area (Å²) in [6.45, 7) is 3.20. The van der Waals surface area contributed by atoms with Crippen molar-refractivity contribution in [1.29, 1.82) is 0 Å². The number of rotatable bonds is 3. The van der Waals surface area contributed by atoms with E-state index < -0.39 is 5.79 Å². The van der Waals surface area contributed by atoms with Gasteiger partial charge in [-0.3, -0.25) is 9.59 Å². The van der Waals surface area contributed by atoms with Gasteiger partial charge in [0.15, 0.2) is 11.6 Å². The number of carbonyl (C=O) groups is 2. The standard InChI is InChI=1S/C19H26N4O4/c24-17(20-13-4-5-13)16-21-15(14-3-1-2-8-23(14)16)18(25)22-9-6-19(7-10-22)26-11-12-27-19/h13H,1-12H2,(H,20,24). The number of nitrogens with zero attached hydrogens (tertiary/aromatic N) is 3. The van der Waals surface area contributed by atoms with Crippen molar-refractivity contribution in [2.75, 3.05) is 26.3 Å². The highest BCUT2D eigenvalue weighted by molar-refractivity contribution is 5.97. The van der Waals surface area contributed by atoms with Crippen LogP contribution in [0.5, 0.6) is 0 Å². The Bertz CT molecular complexity index is 754. The normalized spacial score (nSPS) is 24.1. The lowest BCUT2D eigenvalue weighted by Crippen LogP contribution is -2.47. The number of nitrogens with one attached hydrogen (secondary N) is 1. The molecule has 2 saturated heterocycles. The Morgan fingerprint density at radius 2 is 1.81 bits per heavy atom. The number of ether oxygens (including phenoxy) is 2. The van der Waals surface area contributed by atoms with Crippen molar-refractivity contribution >= 4 is 11.8 Å². The fourth-order valence-electron chi connectivity index (χ4n) is 4.35. The van der Waals surface area contributed by atoms with Crippen LogP contribution >= 0.6 is 0 Å². The van der Waals surface area contributed by atoms with Crippen LogP contribution in [0.3, 0.4) is 0 Å². The van der Waals surface area contributed by atoms with E-state index in [1.165, 1.54) is 0 Å². The van der Waals surface area contributed by atoms with Gasteiger partial charge in [0, 0.05) is 38.5 Å². The zero-order valence-corrected chi connectivity index (χ0v) is 15.5. The molecule has 5 rings (SSSR count). The molecule has 1 aromatic rings. The molecule has 0 aromatic carbocycles. The minimum absolute atomic E-state index is 0.0704. The van der Waals surface area contributed by atoms with Crippen LogP contribution in [0.1, 0.15) is 65.3 Å². The smallest absolute Gasteiger partial charge is 0.287 e. The van der Waals surface area contributed by atoms with Gasteiger partial charge < -0.3 is 24.3 Å². The van der Waals surface area contributed by atoms with E-state index in [9.17, 15) is 9.59 Å². The number of fused-ring (bicyclic) bond motifs is 1. The first-order valence-electron chi connectivity index (χ1n) is 10.1. The Morgan fingerprint density at radius 1 is 1.07 bits per heavy atom. The summed E-state index contributed by atoms with van der Waals surface area (Å²) < 4.78 is 13.5. The first-order chi connectivity index (χ1) is 13.2. The summed E-state index contributed by atoms with van der Waals surface area (Å²) in [5.41, 5.74) is 1.38. The van der Waals surface area contributed by atoms with Crippen molar-refractivity contribution in [2.24, 2.45) is 0 Å². The molecule has 4 heterocycles. The van der Waals surface area contributed by atoms with Crippen molar-refractivity contribution in [1.82, 2.24) is 19.8 Å². The quantitative estimate of drug-likeness (QED) is 0.856. The fourth-order valence-corrected chi connectivity index (χ4v) is 4.35. The van der Waals surface area contributed by atoms with Crippen molar-refractivity contribution in [3.63, 3.8) is 0 Å². The van der Waals surface area contributed by atoms with Gasteiger partial charge in [-0.05, 0) is 32.1 Å². The van der Waals surface area contributed by atoms with Gasteiger partial charge in [0.1, 0.15) is 5.69 Å². The van der Waals surface area contributed by atoms with Crippen LogP contribution in [0.25, 0.3) is 0 Å². The molecular formula is C19H26N4O4. The first kappa shape index (κ1) is 17.2. The summed E-state index contributed by atoms with van der Waals surface area (Å²) in [7, 11) is 0. The van der Waals surface area contributed by atoms with Crippen molar-refractivity contribution < 1.29 is 19.1 Å². The molecule has 27 heavy (non-hydrogen) atoms. The molecule has 0 radical (unpaired) electrons. The number of hydrogen-bond acceptors (Lipinski definition) is 5. The Hall–Kier alpha value is -1.93. The number of likely N-dealkylation sites (tertiary alicyclic amines) is 1. The molecule has 1 aromatic heterocycles. The maximum Gasteiger partial charge on any atom is 0.287 e. The fraction of sp³-hybridized carbons (Fsp3) is 0.737. The molecule has 3 aliphatic heterocycles. The van der Waals surface area contributed by atoms with E-state index >= 15 is 0 Å². The Labute approximate surface area is 158 Å². The average molecular weight is 374 g/mol. The third-order valence-corrected chi connectivity index (χ3v) is 6.06. The maximum atomic E-state index is 13.2. The van der Waals surface area contributed by atoms with E-state index in [0.29, 0.717) is 50.7 Å². The lowest BCUT2D eigenvalue weighted by molar-refractivity contribution is -0.181. The molecule has 146 valence electrons. The largest absolute Gasteiger partial charge is 0.347 e. The third-order valence-electron chi connectivity index (χ3n) is 6.06. The Morgan fingerprint density at radius 3 is 2.52 bits per heavy atom. The highest BCUT2D eigenvalue weighted by Gasteiger charge is 2.42. The molecular weight excluding hydrogens is 348 g/mol. The summed E-state index contributed by atoms with van der Waals surface area (Å²) in [4.78, 5) is 32.1. The van der Waals surface area contributed by atoms with Gasteiger partial charge in [0.05, 0.1) is 18.9 Å². The van der Waals surface area contributed by atoms with Crippen LogP contribution in [0.4, 0.5) is 0 Å². The maximum absolute atomic E-state index is 13.2. The van der Waals surface area contributed by atoms with Gasteiger partial charge in [-0.2, -0.15) is 0 Å². The van der Waals surface area contributed by atoms with E-state index in [2.05, 4.69) is 10.3 Å². The number of piperidine rings is 1. The van der Waals surface area contributed by atoms with Crippen LogP contribution in [0, 0.1) is 0 Å². The molecule has 3 fully saturated rings. The zero-order chi connectivity index (χ0) is 18.4. The first-order valence-corrected chi connectivity index (χ1v) is 10.1. The van der Waals surface area contributed by atoms with Crippen molar-refractivity contribution in [2.45, 2.75) is 63.3 Å². The molecule has 8 nitrogen and oxygen atoms in total. The van der Waals surface area contributed by atoms with Crippen LogP contribution < -0.4 is 5.32 Å². The van der Waals surface area contributed by atoms with E-state index in [0.717, 1.165) is 44.3 Å². The monoisotopic (exact) mass is 374 g/mol. The van der Waals surface area contributed by atoms with Gasteiger partial charge >= 0.3 is 0 Å². The van der Waals surface area contributed by atoms with E-state index in [1.807, 2.05) is 9.47 Å². The summed E-state index contributed by atoms with van der Waals surface area (Å²) >= 11 is 0. The second-order valence-corrected chi connectivity index (χ2v) is 7.99. The molecule has 0 bridgehead atoms. The molecule has 8 heteroatoms. The van der Waals surface area contributed by atoms with E-state index in [1.54, 1.807) is 0 Å². The van der Waals surface area contributed by atoms with Crippen molar-refractivity contribution in [3.8, 4) is 0 Å². The Kier molecular flexibility index (Phi) is 4.20. The van der Waals surface area contributed by atoms with Gasteiger partial charge in [-0.1, -0.05) is 0 Å². The zero-order valence-electron chi connectivity index (χ0n) is 15.5. The third kappa shape index (κ3) is 3.14. The lowest BCUT2D eigenvalue weighted by atomic mass is 10.0. The summed E-state index contributed by atoms with van der Waals surface area (Å²) in [5.74, 6) is -0.320. The van der Waals surface area contributed by atoms with Gasteiger partial charge in [-0.25, -0.2) is 4.98 Å². The average Bonchev–Trinajstić information content (AvgIpc) is 3.25. The van der Waals surface area contributed by atoms with Gasteiger partial charge in [0.2, 0.25) is 0 Å². The predicted octanol–water partition coefficient (Wildman–Crippen LogP) is 1.09. The summed E-state index contributed by atoms with van der Waals surface area (Å²) in [6.07, 6.45) is 6.28. The van der Waals surface area contributed by atoms with Crippen molar-refractivity contribution in [3.05, 3.63) is 17.2 Å². The highest BCUT2D eigenvalue weighted by Crippen LogP contribution is 2.32. The van der Waals surface area contributed by atoms with Crippen LogP contribution in [0.2, 0.25) is 0 Å². The second-order valence-electron chi connectivity index (χ2n) is 7.99. The molecule has 2 amide bonds. The molecule has 1 aliphatic carbocycles. The van der Waals surface area contributed by atoms with E-state index in [-0.39, 0.29) is 17.9 Å². The van der Waals surface area contributed by atoms with Gasteiger partial charge in [0.25, 0.3) is 11.8 Å². The minimum atomic E-state index is -0.500. The minimum Gasteiger partial charge on any atom is -0.347 e. The molecule has 0 unspecified atom stereocenters. The lowest BCUT2D eigenvalue weighted by Gasteiger charge is -2.37. The van der Waals surface area contributed by atoms with E-state index in [4.69, 9.17) is 9.47 Å². The topological polar surface area (TPSA) is 85.7 Å². The van der Waals surface area contributed by atoms with Crippen LogP contribution in [-0.2, 0) is 22.4 Å². The Balaban J connectivity index is 1.36. The molecule has 1 spiro atoms. The SMILES string of the molecule is O=C(NC1CC1)c1nc(C(=O)N2CCC3(CC2)OCCO3)c2n1CCCC2. The highest BCUT2D eigenvalue weighted by atomic mass is 16.7. The number of hydrogen-bond donors (Lipinski definition) is 1.